The number of nitrogens with zero attached hydrogens (tertiary/aromatic N) is 3. The Bertz CT molecular complexity index is 1950. The predicted octanol–water partition coefficient (Wildman–Crippen LogP) is 4.92. The Morgan fingerprint density at radius 1 is 1.05 bits per heavy atom. The third-order valence-corrected chi connectivity index (χ3v) is 13.8. The van der Waals surface area contributed by atoms with Crippen molar-refractivity contribution in [1.29, 1.82) is 0 Å². The highest BCUT2D eigenvalue weighted by atomic mass is 32.2. The number of ketones is 3. The van der Waals surface area contributed by atoms with Gasteiger partial charge in [0.1, 0.15) is 6.04 Å². The van der Waals surface area contributed by atoms with E-state index in [2.05, 4.69) is 28.1 Å². The molecule has 2 N–H and O–H groups in total. The van der Waals surface area contributed by atoms with E-state index in [1.807, 2.05) is 45.0 Å². The van der Waals surface area contributed by atoms with Crippen LogP contribution in [0.2, 0.25) is 0 Å². The molecule has 2 fully saturated rings. The molecular formula is C44H57N5O7S. The van der Waals surface area contributed by atoms with Crippen LogP contribution < -0.4 is 10.6 Å². The van der Waals surface area contributed by atoms with Gasteiger partial charge in [0.15, 0.2) is 16.6 Å². The van der Waals surface area contributed by atoms with E-state index in [1.165, 1.54) is 19.3 Å². The Morgan fingerprint density at radius 3 is 2.35 bits per heavy atom. The van der Waals surface area contributed by atoms with Crippen LogP contribution in [0.1, 0.15) is 83.3 Å². The largest absolute Gasteiger partial charge is 0.334 e. The normalized spacial score (nSPS) is 20.8. The fourth-order valence-electron chi connectivity index (χ4n) is 8.76. The second-order valence-corrected chi connectivity index (χ2v) is 18.9. The molecular weight excluding hydrogens is 743 g/mol. The average Bonchev–Trinajstić information content (AvgIpc) is 3.92. The van der Waals surface area contributed by atoms with Gasteiger partial charge in [-0.2, -0.15) is 4.31 Å². The van der Waals surface area contributed by atoms with E-state index < -0.39 is 57.1 Å². The summed E-state index contributed by atoms with van der Waals surface area (Å²) in [5.74, 6) is -0.507. The quantitative estimate of drug-likeness (QED) is 0.122. The highest BCUT2D eigenvalue weighted by molar-refractivity contribution is 7.89. The molecule has 1 saturated carbocycles. The van der Waals surface area contributed by atoms with Crippen molar-refractivity contribution < 1.29 is 32.4 Å². The Hall–Kier alpha value is -4.67. The molecule has 0 bridgehead atoms. The molecule has 12 nitrogen and oxygen atoms in total. The van der Waals surface area contributed by atoms with Crippen LogP contribution in [0.3, 0.4) is 0 Å². The Balaban J connectivity index is 1.40. The van der Waals surface area contributed by atoms with Crippen LogP contribution in [0.4, 0.5) is 4.79 Å². The van der Waals surface area contributed by atoms with Crippen molar-refractivity contribution in [3.8, 4) is 12.3 Å². The van der Waals surface area contributed by atoms with Crippen molar-refractivity contribution >= 4 is 39.3 Å². The third kappa shape index (κ3) is 10.3. The number of likely N-dealkylation sites (tertiary alicyclic amines) is 1. The molecule has 1 aromatic heterocycles. The molecule has 6 atom stereocenters. The first-order valence-electron chi connectivity index (χ1n) is 20.0. The lowest BCUT2D eigenvalue weighted by Crippen LogP contribution is -2.60. The molecule has 5 rings (SSSR count). The van der Waals surface area contributed by atoms with E-state index in [9.17, 15) is 27.6 Å². The monoisotopic (exact) mass is 799 g/mol. The number of benzene rings is 1. The van der Waals surface area contributed by atoms with Gasteiger partial charge in [-0.3, -0.25) is 19.2 Å². The van der Waals surface area contributed by atoms with Gasteiger partial charge in [-0.15, -0.1) is 18.9 Å². The number of hydrogen-bond acceptors (Lipinski definition) is 8. The van der Waals surface area contributed by atoms with Crippen LogP contribution >= 0.6 is 0 Å². The molecule has 2 heterocycles. The number of allylic oxidation sites excluding steroid dienone is 1. The number of nitrogens with one attached hydrogen (secondary N) is 2. The van der Waals surface area contributed by atoms with E-state index in [0.29, 0.717) is 25.8 Å². The molecule has 13 heteroatoms. The summed E-state index contributed by atoms with van der Waals surface area (Å²) in [6.45, 7) is 9.59. The first-order chi connectivity index (χ1) is 27.1. The summed E-state index contributed by atoms with van der Waals surface area (Å²) in [4.78, 5) is 75.3. The second-order valence-electron chi connectivity index (χ2n) is 16.9. The molecule has 1 unspecified atom stereocenters. The number of amides is 3. The summed E-state index contributed by atoms with van der Waals surface area (Å²) in [5.41, 5.74) is 1.57. The number of sulfonamides is 1. The number of fused-ring (bicyclic) bond motifs is 2. The summed E-state index contributed by atoms with van der Waals surface area (Å²) in [6.07, 6.45) is 12.7. The number of urea groups is 1. The summed E-state index contributed by atoms with van der Waals surface area (Å²) in [7, 11) is -2.53. The van der Waals surface area contributed by atoms with E-state index in [4.69, 9.17) is 6.42 Å². The van der Waals surface area contributed by atoms with Crippen LogP contribution in [0.5, 0.6) is 0 Å². The number of Topliss-reactive ketones (excluding diaryl/α,β-unsaturated/α-hetero) is 3. The maximum Gasteiger partial charge on any atom is 0.315 e. The maximum atomic E-state index is 15.0. The minimum atomic E-state index is -3.97. The molecule has 0 spiro atoms. The number of terminal acetylenes is 1. The van der Waals surface area contributed by atoms with Gasteiger partial charge in [-0.25, -0.2) is 18.2 Å². The van der Waals surface area contributed by atoms with E-state index >= 15 is 4.79 Å². The molecule has 306 valence electrons. The summed E-state index contributed by atoms with van der Waals surface area (Å²) >= 11 is 0. The van der Waals surface area contributed by atoms with Gasteiger partial charge in [-0.05, 0) is 85.0 Å². The van der Waals surface area contributed by atoms with Crippen LogP contribution in [-0.2, 0) is 42.0 Å². The minimum Gasteiger partial charge on any atom is -0.334 e. The van der Waals surface area contributed by atoms with Crippen molar-refractivity contribution in [2.75, 3.05) is 20.1 Å². The van der Waals surface area contributed by atoms with Crippen LogP contribution in [0.15, 0.2) is 66.3 Å². The molecule has 1 aliphatic heterocycles. The summed E-state index contributed by atoms with van der Waals surface area (Å²) < 4.78 is 27.9. The van der Waals surface area contributed by atoms with Gasteiger partial charge in [-0.1, -0.05) is 63.6 Å². The Morgan fingerprint density at radius 2 is 1.74 bits per heavy atom. The lowest BCUT2D eigenvalue weighted by atomic mass is 9.84. The van der Waals surface area contributed by atoms with Crippen molar-refractivity contribution in [1.82, 2.24) is 24.8 Å². The van der Waals surface area contributed by atoms with Gasteiger partial charge < -0.3 is 15.5 Å². The van der Waals surface area contributed by atoms with Gasteiger partial charge in [0, 0.05) is 57.6 Å². The number of aromatic nitrogens is 1. The van der Waals surface area contributed by atoms with E-state index in [1.54, 1.807) is 23.1 Å². The maximum absolute atomic E-state index is 15.0. The Labute approximate surface area is 337 Å². The molecule has 1 aromatic carbocycles. The minimum absolute atomic E-state index is 0.00735. The van der Waals surface area contributed by atoms with Gasteiger partial charge in [0.2, 0.25) is 11.7 Å². The average molecular weight is 800 g/mol. The highest BCUT2D eigenvalue weighted by Crippen LogP contribution is 2.44. The summed E-state index contributed by atoms with van der Waals surface area (Å²) in [5, 5.41) is 5.87. The lowest BCUT2D eigenvalue weighted by molar-refractivity contribution is -0.143. The third-order valence-electron chi connectivity index (χ3n) is 12.0. The van der Waals surface area contributed by atoms with Gasteiger partial charge in [0.25, 0.3) is 10.0 Å². The van der Waals surface area contributed by atoms with Crippen LogP contribution in [-0.4, -0.2) is 90.2 Å². The molecule has 1 saturated heterocycles. The predicted molar refractivity (Wildman–Crippen MR) is 217 cm³/mol. The fraction of sp³-hybridized carbons (Fsp3) is 0.545. The van der Waals surface area contributed by atoms with E-state index in [0.717, 1.165) is 34.7 Å². The molecule has 0 radical (unpaired) electrons. The first kappa shape index (κ1) is 43.5. The van der Waals surface area contributed by atoms with Crippen molar-refractivity contribution in [3.05, 3.63) is 72.4 Å². The van der Waals surface area contributed by atoms with Gasteiger partial charge in [0.05, 0.1) is 6.04 Å². The Kier molecular flexibility index (Phi) is 14.3. The zero-order chi connectivity index (χ0) is 41.5. The fourth-order valence-corrected chi connectivity index (χ4v) is 9.87. The van der Waals surface area contributed by atoms with Crippen LogP contribution in [0, 0.1) is 41.4 Å². The number of hydrogen-bond donors (Lipinski definition) is 2. The highest BCUT2D eigenvalue weighted by Gasteiger charge is 2.52. The van der Waals surface area contributed by atoms with Crippen molar-refractivity contribution in [3.63, 3.8) is 0 Å². The number of likely N-dealkylation sites (N-methyl/N-ethyl adjacent to an activating group) is 1. The van der Waals surface area contributed by atoms with Crippen molar-refractivity contribution in [2.45, 2.75) is 108 Å². The standard InChI is InChI=1S/C44H57N5O7S/c1-7-9-16-31(41(52)35(50)21-10-8-2)26-36(51)40-34-20-15-19-32(34)27-49(40)42(53)39(33-24-29-17-11-12-18-30(29)25-33)47-43(54)46-37(44(3,4)5)28-48(6)57(55,56)38-22-13-14-23-45-38/h1,8,11-14,17-18,22-23,31-34,37,39-40H,2,9-10,15-16,19-21,24-28H2,3-6H3,(H2,46,47,54)/t31?,32-,34-,37+,39-,40-/m0/s1. The zero-order valence-electron chi connectivity index (χ0n) is 33.6. The lowest BCUT2D eigenvalue weighted by Gasteiger charge is -2.36. The second kappa shape index (κ2) is 18.7. The SMILES string of the molecule is C#CCCC(CC(=O)[C@@H]1[C@H]2CCC[C@H]2CN1C(=O)[C@@H](NC(=O)N[C@H](CN(C)S(=O)(=O)c1ccccn1)C(C)(C)C)C1Cc2ccccc2C1)C(=O)C(=O)CCC=C. The smallest absolute Gasteiger partial charge is 0.315 e. The zero-order valence-corrected chi connectivity index (χ0v) is 34.4. The molecule has 2 aliphatic carbocycles. The molecule has 3 aliphatic rings. The van der Waals surface area contributed by atoms with Crippen molar-refractivity contribution in [2.24, 2.45) is 29.1 Å². The number of carbonyl (C=O) groups excluding carboxylic acids is 5. The first-order valence-corrected chi connectivity index (χ1v) is 21.5. The number of pyridine rings is 1. The van der Waals surface area contributed by atoms with E-state index in [-0.39, 0.29) is 66.7 Å². The molecule has 2 aromatic rings. The summed E-state index contributed by atoms with van der Waals surface area (Å²) in [6, 6.07) is 9.42. The van der Waals surface area contributed by atoms with Gasteiger partial charge >= 0.3 is 6.03 Å². The topological polar surface area (TPSA) is 163 Å². The molecule has 3 amide bonds. The number of rotatable bonds is 18. The number of carbonyl (C=O) groups is 5. The van der Waals surface area contributed by atoms with Crippen LogP contribution in [0.25, 0.3) is 0 Å². The molecule has 57 heavy (non-hydrogen) atoms.